The monoisotopic (exact) mass is 403 g/mol. The van der Waals surface area contributed by atoms with Crippen LogP contribution in [0.2, 0.25) is 5.02 Å². The van der Waals surface area contributed by atoms with Gasteiger partial charge in [-0.05, 0) is 36.8 Å². The molecule has 1 unspecified atom stereocenters. The molecule has 26 heavy (non-hydrogen) atoms. The van der Waals surface area contributed by atoms with E-state index in [0.717, 1.165) is 6.07 Å². The van der Waals surface area contributed by atoms with Crippen LogP contribution < -0.4 is 9.64 Å². The number of halogens is 5. The number of rotatable bonds is 3. The predicted octanol–water partition coefficient (Wildman–Crippen LogP) is 5.40. The van der Waals surface area contributed by atoms with Gasteiger partial charge in [0.25, 0.3) is 5.91 Å². The number of hydrogen-bond acceptors (Lipinski definition) is 2. The summed E-state index contributed by atoms with van der Waals surface area (Å²) in [6.07, 6.45) is -4.27. The highest BCUT2D eigenvalue weighted by atomic mass is 35.5. The maximum absolute atomic E-state index is 13.3. The van der Waals surface area contributed by atoms with Crippen LogP contribution in [-0.2, 0) is 6.18 Å². The molecule has 3 rings (SSSR count). The van der Waals surface area contributed by atoms with Gasteiger partial charge in [-0.2, -0.15) is 13.2 Å². The third-order valence-corrected chi connectivity index (χ3v) is 4.55. The highest BCUT2D eigenvalue weighted by Gasteiger charge is 2.39. The number of benzene rings is 2. The standard InChI is InChI=1S/C18H14Cl2F3NO2/c19-8-7-12-10-26-16-6-5-11(20)9-15(16)24(12)17(25)13-3-1-2-4-14(13)18(21,22)23/h1-6,9,12H,7-8,10H2. The number of hydrogen-bond donors (Lipinski definition) is 0. The molecule has 1 aliphatic heterocycles. The number of amides is 1. The molecule has 1 aliphatic rings. The molecule has 0 spiro atoms. The van der Waals surface area contributed by atoms with E-state index in [2.05, 4.69) is 0 Å². The Kier molecular flexibility index (Phi) is 5.34. The molecule has 0 saturated carbocycles. The van der Waals surface area contributed by atoms with Crippen molar-refractivity contribution in [1.82, 2.24) is 0 Å². The van der Waals surface area contributed by atoms with Crippen LogP contribution in [0, 0.1) is 0 Å². The lowest BCUT2D eigenvalue weighted by Gasteiger charge is -2.37. The fourth-order valence-corrected chi connectivity index (χ4v) is 3.34. The molecule has 3 nitrogen and oxygen atoms in total. The van der Waals surface area contributed by atoms with Gasteiger partial charge in [0, 0.05) is 10.9 Å². The van der Waals surface area contributed by atoms with E-state index >= 15 is 0 Å². The van der Waals surface area contributed by atoms with Crippen LogP contribution in [0.25, 0.3) is 0 Å². The normalized spacial score (nSPS) is 16.8. The molecule has 0 fully saturated rings. The predicted molar refractivity (Wildman–Crippen MR) is 94.3 cm³/mol. The van der Waals surface area contributed by atoms with Gasteiger partial charge in [0.1, 0.15) is 12.4 Å². The molecule has 1 atom stereocenters. The highest BCUT2D eigenvalue weighted by molar-refractivity contribution is 6.31. The van der Waals surface area contributed by atoms with Crippen molar-refractivity contribution >= 4 is 34.8 Å². The van der Waals surface area contributed by atoms with Crippen LogP contribution in [0.15, 0.2) is 42.5 Å². The van der Waals surface area contributed by atoms with Gasteiger partial charge in [0.05, 0.1) is 22.9 Å². The van der Waals surface area contributed by atoms with Crippen molar-refractivity contribution in [2.24, 2.45) is 0 Å². The summed E-state index contributed by atoms with van der Waals surface area (Å²) in [6.45, 7) is 0.140. The fourth-order valence-electron chi connectivity index (χ4n) is 2.92. The number of anilines is 1. The summed E-state index contributed by atoms with van der Waals surface area (Å²) in [5, 5.41) is 0.348. The Morgan fingerprint density at radius 3 is 2.65 bits per heavy atom. The SMILES string of the molecule is O=C(c1ccccc1C(F)(F)F)N1c2cc(Cl)ccc2OCC1CCCl. The second-order valence-electron chi connectivity index (χ2n) is 5.77. The molecule has 2 aromatic rings. The summed E-state index contributed by atoms with van der Waals surface area (Å²) in [5.41, 5.74) is -1.07. The summed E-state index contributed by atoms with van der Waals surface area (Å²) >= 11 is 11.8. The van der Waals surface area contributed by atoms with E-state index < -0.39 is 29.3 Å². The Labute approximate surface area is 158 Å². The van der Waals surface area contributed by atoms with Gasteiger partial charge in [-0.15, -0.1) is 11.6 Å². The molecule has 0 radical (unpaired) electrons. The van der Waals surface area contributed by atoms with Crippen LogP contribution in [-0.4, -0.2) is 24.4 Å². The van der Waals surface area contributed by atoms with Crippen molar-refractivity contribution in [1.29, 1.82) is 0 Å². The van der Waals surface area contributed by atoms with Crippen LogP contribution in [0.4, 0.5) is 18.9 Å². The second kappa shape index (κ2) is 7.37. The van der Waals surface area contributed by atoms with E-state index in [-0.39, 0.29) is 12.5 Å². The molecule has 1 heterocycles. The smallest absolute Gasteiger partial charge is 0.417 e. The summed E-state index contributed by atoms with van der Waals surface area (Å²) in [5.74, 6) is -0.146. The van der Waals surface area contributed by atoms with E-state index in [1.165, 1.54) is 29.2 Å². The second-order valence-corrected chi connectivity index (χ2v) is 6.59. The molecule has 0 N–H and O–H groups in total. The lowest BCUT2D eigenvalue weighted by Crippen LogP contribution is -2.47. The zero-order valence-corrected chi connectivity index (χ0v) is 14.9. The number of carbonyl (C=O) groups is 1. The largest absolute Gasteiger partial charge is 0.489 e. The van der Waals surface area contributed by atoms with Crippen molar-refractivity contribution in [2.45, 2.75) is 18.6 Å². The van der Waals surface area contributed by atoms with Crippen LogP contribution in [0.1, 0.15) is 22.3 Å². The van der Waals surface area contributed by atoms with Crippen LogP contribution in [0.3, 0.4) is 0 Å². The molecule has 0 aromatic heterocycles. The number of fused-ring (bicyclic) bond motifs is 1. The summed E-state index contributed by atoms with van der Waals surface area (Å²) in [7, 11) is 0. The molecule has 8 heteroatoms. The van der Waals surface area contributed by atoms with E-state index in [4.69, 9.17) is 27.9 Å². The van der Waals surface area contributed by atoms with Crippen molar-refractivity contribution in [3.8, 4) is 5.75 Å². The minimum Gasteiger partial charge on any atom is -0.489 e. The summed E-state index contributed by atoms with van der Waals surface area (Å²) in [4.78, 5) is 14.4. The van der Waals surface area contributed by atoms with Crippen molar-refractivity contribution in [2.75, 3.05) is 17.4 Å². The van der Waals surface area contributed by atoms with Crippen molar-refractivity contribution < 1.29 is 22.7 Å². The van der Waals surface area contributed by atoms with E-state index in [1.54, 1.807) is 12.1 Å². The molecule has 138 valence electrons. The minimum absolute atomic E-state index is 0.140. The maximum Gasteiger partial charge on any atom is 0.417 e. The topological polar surface area (TPSA) is 29.5 Å². The molecule has 0 aliphatic carbocycles. The first-order valence-corrected chi connectivity index (χ1v) is 8.72. The number of ether oxygens (including phenoxy) is 1. The Balaban J connectivity index is 2.11. The van der Waals surface area contributed by atoms with Gasteiger partial charge < -0.3 is 4.74 Å². The van der Waals surface area contributed by atoms with Crippen LogP contribution >= 0.6 is 23.2 Å². The van der Waals surface area contributed by atoms with E-state index in [1.807, 2.05) is 0 Å². The molecule has 1 amide bonds. The van der Waals surface area contributed by atoms with Crippen molar-refractivity contribution in [3.05, 3.63) is 58.6 Å². The van der Waals surface area contributed by atoms with Gasteiger partial charge in [-0.25, -0.2) is 0 Å². The summed E-state index contributed by atoms with van der Waals surface area (Å²) < 4.78 is 45.7. The van der Waals surface area contributed by atoms with Gasteiger partial charge in [-0.1, -0.05) is 23.7 Å². The molecule has 0 bridgehead atoms. The van der Waals surface area contributed by atoms with Crippen molar-refractivity contribution in [3.63, 3.8) is 0 Å². The highest BCUT2D eigenvalue weighted by Crippen LogP contribution is 2.39. The number of nitrogens with zero attached hydrogens (tertiary/aromatic N) is 1. The Morgan fingerprint density at radius 2 is 1.96 bits per heavy atom. The lowest BCUT2D eigenvalue weighted by atomic mass is 10.0. The maximum atomic E-state index is 13.3. The Hall–Kier alpha value is -1.92. The Morgan fingerprint density at radius 1 is 1.23 bits per heavy atom. The quantitative estimate of drug-likeness (QED) is 0.642. The molecule has 2 aromatic carbocycles. The van der Waals surface area contributed by atoms with Gasteiger partial charge >= 0.3 is 6.18 Å². The molecule has 0 saturated heterocycles. The zero-order chi connectivity index (χ0) is 18.9. The van der Waals surface area contributed by atoms with Gasteiger partial charge in [-0.3, -0.25) is 9.69 Å². The van der Waals surface area contributed by atoms with Gasteiger partial charge in [0.15, 0.2) is 0 Å². The molecular weight excluding hydrogens is 390 g/mol. The average Bonchev–Trinajstić information content (AvgIpc) is 2.60. The number of alkyl halides is 4. The lowest BCUT2D eigenvalue weighted by molar-refractivity contribution is -0.137. The Bertz CT molecular complexity index is 826. The average molecular weight is 404 g/mol. The van der Waals surface area contributed by atoms with E-state index in [0.29, 0.717) is 22.9 Å². The van der Waals surface area contributed by atoms with E-state index in [9.17, 15) is 18.0 Å². The fraction of sp³-hybridized carbons (Fsp3) is 0.278. The minimum atomic E-state index is -4.64. The number of carbonyl (C=O) groups excluding carboxylic acids is 1. The zero-order valence-electron chi connectivity index (χ0n) is 13.4. The first kappa shape index (κ1) is 18.9. The third-order valence-electron chi connectivity index (χ3n) is 4.10. The molecular formula is C18H14Cl2F3NO2. The summed E-state index contributed by atoms with van der Waals surface area (Å²) in [6, 6.07) is 8.90. The third kappa shape index (κ3) is 3.62. The first-order chi connectivity index (χ1) is 12.3. The first-order valence-electron chi connectivity index (χ1n) is 7.81. The van der Waals surface area contributed by atoms with Gasteiger partial charge in [0.2, 0.25) is 0 Å². The van der Waals surface area contributed by atoms with Crippen LogP contribution in [0.5, 0.6) is 5.75 Å².